The van der Waals surface area contributed by atoms with Crippen LogP contribution in [0.1, 0.15) is 28.7 Å². The minimum absolute atomic E-state index is 0.0323. The summed E-state index contributed by atoms with van der Waals surface area (Å²) in [5.41, 5.74) is 1.43. The summed E-state index contributed by atoms with van der Waals surface area (Å²) in [5, 5.41) is 2.88. The Kier molecular flexibility index (Phi) is 9.17. The standard InChI is InChI=1S/C33H31ClF3N7O3/c1-2-47-31-24(7-5-14-40-31)26-9-11-28(29(41-26)30(45)39-15-12-22-6-3-4-13-38-22)42-16-17-43-23(19-42)20-44(32(43)46)27-10-8-21(34)18-25(27)33(35,36)37/h3-11,13-14,18,23H,2,12,15-17,19-20H2,1H3,(H,39,45)/t23-/m0/s1. The number of halogens is 4. The molecule has 3 aromatic heterocycles. The lowest BCUT2D eigenvalue weighted by Crippen LogP contribution is -2.52. The number of hydrogen-bond donors (Lipinski definition) is 1. The zero-order valence-electron chi connectivity index (χ0n) is 25.4. The molecule has 2 aliphatic rings. The van der Waals surface area contributed by atoms with Gasteiger partial charge in [-0.25, -0.2) is 14.8 Å². The second-order valence-corrected chi connectivity index (χ2v) is 11.5. The Labute approximate surface area is 274 Å². The van der Waals surface area contributed by atoms with E-state index >= 15 is 0 Å². The highest BCUT2D eigenvalue weighted by atomic mass is 35.5. The molecule has 14 heteroatoms. The van der Waals surface area contributed by atoms with Crippen LogP contribution in [0.3, 0.4) is 0 Å². The Morgan fingerprint density at radius 1 is 1.02 bits per heavy atom. The number of piperazine rings is 1. The highest BCUT2D eigenvalue weighted by Crippen LogP contribution is 2.40. The van der Waals surface area contributed by atoms with Crippen LogP contribution in [0.2, 0.25) is 5.02 Å². The van der Waals surface area contributed by atoms with E-state index < -0.39 is 29.7 Å². The van der Waals surface area contributed by atoms with E-state index in [9.17, 15) is 22.8 Å². The lowest BCUT2D eigenvalue weighted by molar-refractivity contribution is -0.137. The van der Waals surface area contributed by atoms with Crippen LogP contribution < -0.4 is 19.9 Å². The van der Waals surface area contributed by atoms with Gasteiger partial charge in [-0.3, -0.25) is 14.7 Å². The van der Waals surface area contributed by atoms with E-state index in [4.69, 9.17) is 21.3 Å². The van der Waals surface area contributed by atoms with E-state index in [-0.39, 0.29) is 36.0 Å². The number of amides is 3. The Balaban J connectivity index is 1.28. The van der Waals surface area contributed by atoms with Crippen LogP contribution in [-0.4, -0.2) is 77.2 Å². The molecule has 1 N–H and O–H groups in total. The van der Waals surface area contributed by atoms with Crippen LogP contribution in [0, 0.1) is 0 Å². The van der Waals surface area contributed by atoms with Gasteiger partial charge in [0.25, 0.3) is 5.91 Å². The van der Waals surface area contributed by atoms with Crippen molar-refractivity contribution in [2.75, 3.05) is 49.1 Å². The fraction of sp³-hybridized carbons (Fsp3) is 0.303. The van der Waals surface area contributed by atoms with Crippen molar-refractivity contribution < 1.29 is 27.5 Å². The summed E-state index contributed by atoms with van der Waals surface area (Å²) in [6, 6.07) is 15.2. The van der Waals surface area contributed by atoms with Crippen LogP contribution in [0.25, 0.3) is 11.3 Å². The molecule has 3 amide bonds. The molecule has 0 bridgehead atoms. The second-order valence-electron chi connectivity index (χ2n) is 11.0. The average Bonchev–Trinajstić information content (AvgIpc) is 3.40. The predicted octanol–water partition coefficient (Wildman–Crippen LogP) is 5.71. The maximum Gasteiger partial charge on any atom is 0.418 e. The quantitative estimate of drug-likeness (QED) is 0.244. The topological polar surface area (TPSA) is 104 Å². The number of fused-ring (bicyclic) bond motifs is 1. The molecular weight excluding hydrogens is 635 g/mol. The number of anilines is 2. The molecule has 2 fully saturated rings. The zero-order chi connectivity index (χ0) is 33.1. The van der Waals surface area contributed by atoms with Gasteiger partial charge in [-0.2, -0.15) is 13.2 Å². The maximum atomic E-state index is 13.9. The second kappa shape index (κ2) is 13.4. The molecule has 1 aromatic carbocycles. The molecule has 244 valence electrons. The van der Waals surface area contributed by atoms with Gasteiger partial charge in [0.15, 0.2) is 5.69 Å². The maximum absolute atomic E-state index is 13.9. The highest BCUT2D eigenvalue weighted by Gasteiger charge is 2.45. The molecular formula is C33H31ClF3N7O3. The van der Waals surface area contributed by atoms with E-state index in [1.807, 2.05) is 36.1 Å². The predicted molar refractivity (Wildman–Crippen MR) is 171 cm³/mol. The molecule has 0 aliphatic carbocycles. The lowest BCUT2D eigenvalue weighted by Gasteiger charge is -2.38. The van der Waals surface area contributed by atoms with Crippen LogP contribution in [0.15, 0.2) is 73.1 Å². The van der Waals surface area contributed by atoms with Crippen molar-refractivity contribution in [3.05, 3.63) is 95.0 Å². The summed E-state index contributed by atoms with van der Waals surface area (Å²) >= 11 is 5.88. The number of alkyl halides is 3. The van der Waals surface area contributed by atoms with Crippen molar-refractivity contribution in [2.24, 2.45) is 0 Å². The number of aromatic nitrogens is 3. The van der Waals surface area contributed by atoms with Crippen LogP contribution in [-0.2, 0) is 12.6 Å². The minimum atomic E-state index is -4.70. The van der Waals surface area contributed by atoms with Crippen molar-refractivity contribution in [3.8, 4) is 17.1 Å². The largest absolute Gasteiger partial charge is 0.477 e. The van der Waals surface area contributed by atoms with E-state index in [0.29, 0.717) is 48.9 Å². The van der Waals surface area contributed by atoms with Crippen molar-refractivity contribution in [2.45, 2.75) is 25.6 Å². The number of pyridine rings is 3. The number of benzene rings is 1. The zero-order valence-corrected chi connectivity index (χ0v) is 26.1. The fourth-order valence-corrected chi connectivity index (χ4v) is 6.07. The van der Waals surface area contributed by atoms with Gasteiger partial charge >= 0.3 is 12.2 Å². The summed E-state index contributed by atoms with van der Waals surface area (Å²) in [4.78, 5) is 45.2. The number of carbonyl (C=O) groups excluding carboxylic acids is 2. The molecule has 47 heavy (non-hydrogen) atoms. The molecule has 4 aromatic rings. The number of carbonyl (C=O) groups is 2. The molecule has 2 aliphatic heterocycles. The first-order valence-corrected chi connectivity index (χ1v) is 15.5. The van der Waals surface area contributed by atoms with Gasteiger partial charge in [0.2, 0.25) is 5.88 Å². The van der Waals surface area contributed by atoms with Gasteiger partial charge < -0.3 is 19.9 Å². The first-order chi connectivity index (χ1) is 22.6. The fourth-order valence-electron chi connectivity index (χ4n) is 5.89. The van der Waals surface area contributed by atoms with E-state index in [1.54, 1.807) is 35.5 Å². The number of rotatable bonds is 9. The van der Waals surface area contributed by atoms with Crippen molar-refractivity contribution in [1.82, 2.24) is 25.2 Å². The van der Waals surface area contributed by atoms with Crippen molar-refractivity contribution in [3.63, 3.8) is 0 Å². The van der Waals surface area contributed by atoms with Gasteiger partial charge in [0.05, 0.1) is 40.8 Å². The van der Waals surface area contributed by atoms with Gasteiger partial charge in [-0.1, -0.05) is 17.7 Å². The number of nitrogens with one attached hydrogen (secondary N) is 1. The summed E-state index contributed by atoms with van der Waals surface area (Å²) < 4.78 is 47.4. The molecule has 5 heterocycles. The molecule has 0 unspecified atom stereocenters. The smallest absolute Gasteiger partial charge is 0.418 e. The molecule has 0 radical (unpaired) electrons. The number of ether oxygens (including phenoxy) is 1. The molecule has 6 rings (SSSR count). The van der Waals surface area contributed by atoms with E-state index in [0.717, 1.165) is 16.7 Å². The first kappa shape index (κ1) is 32.0. The average molecular weight is 666 g/mol. The molecule has 0 spiro atoms. The number of nitrogens with zero attached hydrogens (tertiary/aromatic N) is 6. The van der Waals surface area contributed by atoms with Crippen LogP contribution >= 0.6 is 11.6 Å². The summed E-state index contributed by atoms with van der Waals surface area (Å²) in [6.45, 7) is 3.46. The van der Waals surface area contributed by atoms with E-state index in [1.165, 1.54) is 12.1 Å². The molecule has 10 nitrogen and oxygen atoms in total. The Morgan fingerprint density at radius 2 is 1.83 bits per heavy atom. The number of urea groups is 1. The monoisotopic (exact) mass is 665 g/mol. The van der Waals surface area contributed by atoms with Crippen molar-refractivity contribution >= 4 is 34.9 Å². The normalized spacial score (nSPS) is 16.3. The third kappa shape index (κ3) is 6.80. The lowest BCUT2D eigenvalue weighted by atomic mass is 10.1. The number of hydrogen-bond acceptors (Lipinski definition) is 7. The van der Waals surface area contributed by atoms with Crippen molar-refractivity contribution in [1.29, 1.82) is 0 Å². The Hall–Kier alpha value is -4.91. The SMILES string of the molecule is CCOc1ncccc1-c1ccc(N2CCN3C(=O)N(c4ccc(Cl)cc4C(F)(F)F)C[C@@H]3C2)c(C(=O)NCCc2ccccn2)n1. The van der Waals surface area contributed by atoms with Gasteiger partial charge in [-0.15, -0.1) is 0 Å². The van der Waals surface area contributed by atoms with Gasteiger partial charge in [0, 0.05) is 62.3 Å². The van der Waals surface area contributed by atoms with Crippen LogP contribution in [0.4, 0.5) is 29.3 Å². The summed E-state index contributed by atoms with van der Waals surface area (Å²) in [6.07, 6.45) is -0.878. The molecule has 2 saturated heterocycles. The molecule has 0 saturated carbocycles. The summed E-state index contributed by atoms with van der Waals surface area (Å²) in [5.74, 6) is -0.0162. The third-order valence-electron chi connectivity index (χ3n) is 8.06. The first-order valence-electron chi connectivity index (χ1n) is 15.1. The Bertz CT molecular complexity index is 1780. The van der Waals surface area contributed by atoms with Gasteiger partial charge in [-0.05, 0) is 61.5 Å². The van der Waals surface area contributed by atoms with E-state index in [2.05, 4.69) is 15.3 Å². The molecule has 1 atom stereocenters. The third-order valence-corrected chi connectivity index (χ3v) is 8.29. The summed E-state index contributed by atoms with van der Waals surface area (Å²) in [7, 11) is 0. The highest BCUT2D eigenvalue weighted by molar-refractivity contribution is 6.30. The van der Waals surface area contributed by atoms with Crippen LogP contribution in [0.5, 0.6) is 5.88 Å². The Morgan fingerprint density at radius 3 is 2.60 bits per heavy atom. The minimum Gasteiger partial charge on any atom is -0.477 e. The van der Waals surface area contributed by atoms with Gasteiger partial charge in [0.1, 0.15) is 0 Å².